The van der Waals surface area contributed by atoms with Gasteiger partial charge in [-0.25, -0.2) is 4.98 Å². The number of carbonyl (C=O) groups is 1. The van der Waals surface area contributed by atoms with Crippen LogP contribution in [0.3, 0.4) is 0 Å². The third-order valence-electron chi connectivity index (χ3n) is 3.37. The normalized spacial score (nSPS) is 10.8. The van der Waals surface area contributed by atoms with Crippen molar-refractivity contribution in [3.63, 3.8) is 0 Å². The Morgan fingerprint density at radius 2 is 2.22 bits per heavy atom. The lowest BCUT2D eigenvalue weighted by Gasteiger charge is -2.10. The molecule has 0 aliphatic rings. The van der Waals surface area contributed by atoms with Gasteiger partial charge in [0, 0.05) is 23.1 Å². The summed E-state index contributed by atoms with van der Waals surface area (Å²) in [6.07, 6.45) is 1.64. The quantitative estimate of drug-likeness (QED) is 0.520. The molecular weight excluding hydrogens is 429 g/mol. The van der Waals surface area contributed by atoms with Crippen molar-refractivity contribution in [3.8, 4) is 5.75 Å². The second-order valence-electron chi connectivity index (χ2n) is 5.18. The number of anilines is 1. The SMILES string of the molecule is CCn1c(COc2ccc(Cl)cc2Cl)nnc1SCC(=O)Nc1nccs1. The van der Waals surface area contributed by atoms with Crippen LogP contribution in [0.2, 0.25) is 10.0 Å². The topological polar surface area (TPSA) is 81.9 Å². The highest BCUT2D eigenvalue weighted by Gasteiger charge is 2.15. The third kappa shape index (κ3) is 5.35. The fraction of sp³-hybridized carbons (Fsp3) is 0.250. The largest absolute Gasteiger partial charge is 0.484 e. The van der Waals surface area contributed by atoms with Gasteiger partial charge in [0.15, 0.2) is 16.1 Å². The second-order valence-corrected chi connectivity index (χ2v) is 7.86. The molecule has 7 nitrogen and oxygen atoms in total. The van der Waals surface area contributed by atoms with Crippen LogP contribution in [0, 0.1) is 0 Å². The number of nitrogens with zero attached hydrogens (tertiary/aromatic N) is 4. The van der Waals surface area contributed by atoms with Crippen LogP contribution in [0.5, 0.6) is 5.75 Å². The first kappa shape index (κ1) is 19.9. The third-order valence-corrected chi connectivity index (χ3v) is 5.56. The highest BCUT2D eigenvalue weighted by Crippen LogP contribution is 2.28. The molecule has 0 aliphatic heterocycles. The first-order valence-corrected chi connectivity index (χ1v) is 10.5. The van der Waals surface area contributed by atoms with Gasteiger partial charge in [-0.2, -0.15) is 0 Å². The number of thiazole rings is 1. The zero-order valence-electron chi connectivity index (χ0n) is 14.2. The summed E-state index contributed by atoms with van der Waals surface area (Å²) >= 11 is 14.7. The van der Waals surface area contributed by atoms with E-state index < -0.39 is 0 Å². The standard InChI is InChI=1S/C16H15Cl2N5O2S2/c1-2-23-13(8-25-12-4-3-10(17)7-11(12)18)21-22-16(23)27-9-14(24)20-15-19-5-6-26-15/h3-7H,2,8-9H2,1H3,(H,19,20,24). The minimum atomic E-state index is -0.147. The van der Waals surface area contributed by atoms with Crippen molar-refractivity contribution >= 4 is 57.3 Å². The lowest BCUT2D eigenvalue weighted by atomic mass is 10.3. The van der Waals surface area contributed by atoms with E-state index >= 15 is 0 Å². The van der Waals surface area contributed by atoms with Gasteiger partial charge in [0.1, 0.15) is 12.4 Å². The molecule has 0 unspecified atom stereocenters. The first-order chi connectivity index (χ1) is 13.1. The predicted octanol–water partition coefficient (Wildman–Crippen LogP) is 4.37. The van der Waals surface area contributed by atoms with Crippen LogP contribution in [0.4, 0.5) is 5.13 Å². The van der Waals surface area contributed by atoms with Crippen molar-refractivity contribution < 1.29 is 9.53 Å². The van der Waals surface area contributed by atoms with Crippen molar-refractivity contribution in [2.24, 2.45) is 0 Å². The van der Waals surface area contributed by atoms with Crippen LogP contribution in [0.1, 0.15) is 12.7 Å². The summed E-state index contributed by atoms with van der Waals surface area (Å²) in [6.45, 7) is 2.83. The maximum Gasteiger partial charge on any atom is 0.236 e. The van der Waals surface area contributed by atoms with Crippen molar-refractivity contribution in [1.82, 2.24) is 19.7 Å². The zero-order chi connectivity index (χ0) is 19.2. The van der Waals surface area contributed by atoms with Gasteiger partial charge in [-0.15, -0.1) is 21.5 Å². The van der Waals surface area contributed by atoms with E-state index in [-0.39, 0.29) is 18.3 Å². The molecule has 1 N–H and O–H groups in total. The molecule has 27 heavy (non-hydrogen) atoms. The molecule has 2 heterocycles. The lowest BCUT2D eigenvalue weighted by molar-refractivity contribution is -0.113. The molecule has 0 radical (unpaired) electrons. The minimum absolute atomic E-state index is 0.147. The van der Waals surface area contributed by atoms with Crippen LogP contribution < -0.4 is 10.1 Å². The Morgan fingerprint density at radius 1 is 1.37 bits per heavy atom. The summed E-state index contributed by atoms with van der Waals surface area (Å²) in [6, 6.07) is 5.02. The molecule has 2 aromatic heterocycles. The van der Waals surface area contributed by atoms with E-state index in [0.717, 1.165) is 0 Å². The number of aromatic nitrogens is 4. The van der Waals surface area contributed by atoms with E-state index in [1.54, 1.807) is 29.8 Å². The summed E-state index contributed by atoms with van der Waals surface area (Å²) in [5.41, 5.74) is 0. The molecule has 3 aromatic rings. The van der Waals surface area contributed by atoms with Crippen molar-refractivity contribution in [2.45, 2.75) is 25.2 Å². The highest BCUT2D eigenvalue weighted by molar-refractivity contribution is 7.99. The molecule has 0 saturated carbocycles. The fourth-order valence-corrected chi connectivity index (χ4v) is 3.98. The number of carbonyl (C=O) groups excluding carboxylic acids is 1. The molecule has 0 spiro atoms. The maximum absolute atomic E-state index is 12.0. The van der Waals surface area contributed by atoms with E-state index in [2.05, 4.69) is 20.5 Å². The molecule has 142 valence electrons. The Labute approximate surface area is 174 Å². The number of nitrogens with one attached hydrogen (secondary N) is 1. The number of rotatable bonds is 8. The van der Waals surface area contributed by atoms with E-state index in [4.69, 9.17) is 27.9 Å². The van der Waals surface area contributed by atoms with Crippen molar-refractivity contribution in [2.75, 3.05) is 11.1 Å². The monoisotopic (exact) mass is 443 g/mol. The first-order valence-electron chi connectivity index (χ1n) is 7.89. The molecule has 0 saturated heterocycles. The Hall–Kier alpha value is -1.81. The maximum atomic E-state index is 12.0. The van der Waals surface area contributed by atoms with Gasteiger partial charge in [-0.3, -0.25) is 4.79 Å². The van der Waals surface area contributed by atoms with Gasteiger partial charge in [-0.1, -0.05) is 35.0 Å². The Morgan fingerprint density at radius 3 is 2.93 bits per heavy atom. The highest BCUT2D eigenvalue weighted by atomic mass is 35.5. The number of amides is 1. The summed E-state index contributed by atoms with van der Waals surface area (Å²) < 4.78 is 7.61. The van der Waals surface area contributed by atoms with E-state index in [1.807, 2.05) is 11.5 Å². The van der Waals surface area contributed by atoms with Crippen LogP contribution in [0.15, 0.2) is 34.9 Å². The van der Waals surface area contributed by atoms with Gasteiger partial charge in [0.25, 0.3) is 0 Å². The van der Waals surface area contributed by atoms with Crippen LogP contribution in [-0.4, -0.2) is 31.4 Å². The summed E-state index contributed by atoms with van der Waals surface area (Å²) in [4.78, 5) is 16.0. The van der Waals surface area contributed by atoms with Gasteiger partial charge in [-0.05, 0) is 25.1 Å². The molecule has 11 heteroatoms. The van der Waals surface area contributed by atoms with Crippen LogP contribution in [-0.2, 0) is 17.9 Å². The number of halogens is 2. The molecular formula is C16H15Cl2N5O2S2. The van der Waals surface area contributed by atoms with Crippen molar-refractivity contribution in [3.05, 3.63) is 45.6 Å². The molecule has 0 fully saturated rings. The second kappa shape index (κ2) is 9.41. The smallest absolute Gasteiger partial charge is 0.236 e. The summed E-state index contributed by atoms with van der Waals surface area (Å²) in [5, 5.41) is 15.0. The molecule has 0 aliphatic carbocycles. The molecule has 1 aromatic carbocycles. The number of thioether (sulfide) groups is 1. The lowest BCUT2D eigenvalue weighted by Crippen LogP contribution is -2.14. The molecule has 0 bridgehead atoms. The number of hydrogen-bond donors (Lipinski definition) is 1. The Bertz CT molecular complexity index is 918. The van der Waals surface area contributed by atoms with Gasteiger partial charge in [0.2, 0.25) is 5.91 Å². The predicted molar refractivity (Wildman–Crippen MR) is 108 cm³/mol. The molecule has 3 rings (SSSR count). The van der Waals surface area contributed by atoms with E-state index in [9.17, 15) is 4.79 Å². The van der Waals surface area contributed by atoms with E-state index in [1.165, 1.54) is 23.1 Å². The van der Waals surface area contributed by atoms with Crippen molar-refractivity contribution in [1.29, 1.82) is 0 Å². The van der Waals surface area contributed by atoms with Gasteiger partial charge >= 0.3 is 0 Å². The Balaban J connectivity index is 1.59. The van der Waals surface area contributed by atoms with Crippen LogP contribution >= 0.6 is 46.3 Å². The zero-order valence-corrected chi connectivity index (χ0v) is 17.3. The van der Waals surface area contributed by atoms with Gasteiger partial charge in [0.05, 0.1) is 10.8 Å². The number of hydrogen-bond acceptors (Lipinski definition) is 7. The average Bonchev–Trinajstić information content (AvgIpc) is 3.28. The number of benzene rings is 1. The van der Waals surface area contributed by atoms with E-state index in [0.29, 0.717) is 38.5 Å². The fourth-order valence-electron chi connectivity index (χ4n) is 2.16. The Kier molecular flexibility index (Phi) is 6.95. The molecule has 1 amide bonds. The molecule has 0 atom stereocenters. The summed E-state index contributed by atoms with van der Waals surface area (Å²) in [7, 11) is 0. The van der Waals surface area contributed by atoms with Crippen LogP contribution in [0.25, 0.3) is 0 Å². The summed E-state index contributed by atoms with van der Waals surface area (Å²) in [5.74, 6) is 1.23. The number of ether oxygens (including phenoxy) is 1. The van der Waals surface area contributed by atoms with Gasteiger partial charge < -0.3 is 14.6 Å². The average molecular weight is 444 g/mol. The minimum Gasteiger partial charge on any atom is -0.484 e.